The van der Waals surface area contributed by atoms with Gasteiger partial charge in [-0.2, -0.15) is 0 Å². The molecule has 2 aromatic carbocycles. The summed E-state index contributed by atoms with van der Waals surface area (Å²) in [6.07, 6.45) is 0. The van der Waals surface area contributed by atoms with Gasteiger partial charge >= 0.3 is 0 Å². The maximum Gasteiger partial charge on any atom is 0.253 e. The van der Waals surface area contributed by atoms with Crippen molar-refractivity contribution in [3.8, 4) is 11.4 Å². The van der Waals surface area contributed by atoms with Gasteiger partial charge in [-0.15, -0.1) is 10.2 Å². The van der Waals surface area contributed by atoms with Crippen molar-refractivity contribution in [3.63, 3.8) is 0 Å². The van der Waals surface area contributed by atoms with Crippen LogP contribution in [0.4, 0.5) is 5.69 Å². The van der Waals surface area contributed by atoms with Crippen molar-refractivity contribution in [3.05, 3.63) is 59.7 Å². The minimum absolute atomic E-state index is 0.113. The van der Waals surface area contributed by atoms with Gasteiger partial charge in [0, 0.05) is 38.0 Å². The van der Waals surface area contributed by atoms with Crippen molar-refractivity contribution in [2.24, 2.45) is 7.05 Å². The first-order valence-corrected chi connectivity index (χ1v) is 10.0. The van der Waals surface area contributed by atoms with E-state index in [1.807, 2.05) is 42.8 Å². The molecule has 0 spiro atoms. The Morgan fingerprint density at radius 2 is 1.86 bits per heavy atom. The first-order chi connectivity index (χ1) is 13.9. The number of hydrogen-bond acceptors (Lipinski definition) is 5. The number of nitrogens with one attached hydrogen (secondary N) is 1. The Bertz CT molecular complexity index is 1050. The van der Waals surface area contributed by atoms with Crippen LogP contribution in [0.3, 0.4) is 0 Å². The average Bonchev–Trinajstić information content (AvgIpc) is 3.06. The molecule has 0 radical (unpaired) electrons. The van der Waals surface area contributed by atoms with E-state index in [4.69, 9.17) is 0 Å². The maximum absolute atomic E-state index is 12.4. The molecular formula is C21H23N5O2S. The van der Waals surface area contributed by atoms with Crippen molar-refractivity contribution in [1.82, 2.24) is 19.7 Å². The smallest absolute Gasteiger partial charge is 0.253 e. The molecular weight excluding hydrogens is 386 g/mol. The van der Waals surface area contributed by atoms with E-state index >= 15 is 0 Å². The third kappa shape index (κ3) is 4.83. The number of benzene rings is 2. The van der Waals surface area contributed by atoms with Crippen LogP contribution >= 0.6 is 11.8 Å². The molecule has 0 fully saturated rings. The second-order valence-corrected chi connectivity index (χ2v) is 7.74. The molecule has 1 N–H and O–H groups in total. The van der Waals surface area contributed by atoms with Gasteiger partial charge in [0.15, 0.2) is 11.0 Å². The normalized spacial score (nSPS) is 10.6. The highest BCUT2D eigenvalue weighted by Crippen LogP contribution is 2.25. The van der Waals surface area contributed by atoms with Gasteiger partial charge in [0.1, 0.15) is 0 Å². The summed E-state index contributed by atoms with van der Waals surface area (Å²) in [7, 11) is 5.27. The number of amides is 2. The maximum atomic E-state index is 12.4. The van der Waals surface area contributed by atoms with Crippen LogP contribution in [0.1, 0.15) is 15.9 Å². The van der Waals surface area contributed by atoms with E-state index in [1.165, 1.54) is 16.7 Å². The zero-order valence-corrected chi connectivity index (χ0v) is 17.7. The Morgan fingerprint density at radius 1 is 1.10 bits per heavy atom. The number of hydrogen-bond donors (Lipinski definition) is 1. The van der Waals surface area contributed by atoms with Gasteiger partial charge in [0.2, 0.25) is 5.91 Å². The Kier molecular flexibility index (Phi) is 6.33. The molecule has 29 heavy (non-hydrogen) atoms. The van der Waals surface area contributed by atoms with Crippen LogP contribution in [0.2, 0.25) is 0 Å². The fourth-order valence-electron chi connectivity index (χ4n) is 2.81. The van der Waals surface area contributed by atoms with E-state index in [0.717, 1.165) is 17.0 Å². The number of nitrogens with zero attached hydrogens (tertiary/aromatic N) is 4. The zero-order chi connectivity index (χ0) is 21.0. The molecule has 3 aromatic rings. The lowest BCUT2D eigenvalue weighted by atomic mass is 10.1. The summed E-state index contributed by atoms with van der Waals surface area (Å²) in [5.74, 6) is 0.662. The van der Waals surface area contributed by atoms with Gasteiger partial charge in [-0.05, 0) is 30.7 Å². The summed E-state index contributed by atoms with van der Waals surface area (Å²) in [6.45, 7) is 2.03. The van der Waals surface area contributed by atoms with Crippen LogP contribution in [0, 0.1) is 6.92 Å². The predicted molar refractivity (Wildman–Crippen MR) is 115 cm³/mol. The summed E-state index contributed by atoms with van der Waals surface area (Å²) in [4.78, 5) is 25.9. The second-order valence-electron chi connectivity index (χ2n) is 6.80. The highest BCUT2D eigenvalue weighted by atomic mass is 32.2. The van der Waals surface area contributed by atoms with Crippen molar-refractivity contribution in [2.45, 2.75) is 12.1 Å². The Balaban J connectivity index is 1.64. The lowest BCUT2D eigenvalue weighted by molar-refractivity contribution is -0.113. The number of rotatable bonds is 6. The third-order valence-corrected chi connectivity index (χ3v) is 5.37. The van der Waals surface area contributed by atoms with Gasteiger partial charge in [-0.1, -0.05) is 42.1 Å². The van der Waals surface area contributed by atoms with Crippen LogP contribution in [0.15, 0.2) is 53.7 Å². The van der Waals surface area contributed by atoms with Crippen molar-refractivity contribution < 1.29 is 9.59 Å². The molecule has 0 saturated heterocycles. The van der Waals surface area contributed by atoms with Crippen LogP contribution in [-0.2, 0) is 11.8 Å². The van der Waals surface area contributed by atoms with Gasteiger partial charge in [0.25, 0.3) is 5.91 Å². The van der Waals surface area contributed by atoms with Crippen molar-refractivity contribution in [1.29, 1.82) is 0 Å². The standard InChI is InChI=1S/C21H23N5O2S/c1-14-8-5-6-11-17(14)19-23-24-21(26(19)4)29-13-18(27)22-16-10-7-9-15(12-16)20(28)25(2)3/h5-12H,13H2,1-4H3,(H,22,27). The molecule has 0 aliphatic carbocycles. The van der Waals surface area contributed by atoms with Crippen LogP contribution in [-0.4, -0.2) is 51.3 Å². The molecule has 7 nitrogen and oxygen atoms in total. The summed E-state index contributed by atoms with van der Waals surface area (Å²) in [5.41, 5.74) is 3.24. The lowest BCUT2D eigenvalue weighted by Crippen LogP contribution is -2.22. The van der Waals surface area contributed by atoms with Gasteiger partial charge in [0.05, 0.1) is 5.75 Å². The molecule has 0 aliphatic heterocycles. The van der Waals surface area contributed by atoms with Crippen molar-refractivity contribution >= 4 is 29.3 Å². The minimum atomic E-state index is -0.176. The van der Waals surface area contributed by atoms with Crippen LogP contribution in [0.5, 0.6) is 0 Å². The lowest BCUT2D eigenvalue weighted by Gasteiger charge is -2.11. The molecule has 0 saturated carbocycles. The monoisotopic (exact) mass is 409 g/mol. The summed E-state index contributed by atoms with van der Waals surface area (Å²) in [6, 6.07) is 14.9. The number of thioether (sulfide) groups is 1. The predicted octanol–water partition coefficient (Wildman–Crippen LogP) is 3.22. The SMILES string of the molecule is Cc1ccccc1-c1nnc(SCC(=O)Nc2cccc(C(=O)N(C)C)c2)n1C. The second kappa shape index (κ2) is 8.91. The summed E-state index contributed by atoms with van der Waals surface area (Å²) >= 11 is 1.31. The number of carbonyl (C=O) groups is 2. The van der Waals surface area contributed by atoms with Crippen molar-refractivity contribution in [2.75, 3.05) is 25.2 Å². The molecule has 2 amide bonds. The number of carbonyl (C=O) groups excluding carboxylic acids is 2. The molecule has 0 aliphatic rings. The Labute approximate surface area is 174 Å². The highest BCUT2D eigenvalue weighted by molar-refractivity contribution is 7.99. The molecule has 0 atom stereocenters. The van der Waals surface area contributed by atoms with Gasteiger partial charge in [-0.25, -0.2) is 0 Å². The zero-order valence-electron chi connectivity index (χ0n) is 16.8. The molecule has 0 unspecified atom stereocenters. The van der Waals surface area contributed by atoms with E-state index in [9.17, 15) is 9.59 Å². The van der Waals surface area contributed by atoms with Crippen LogP contribution < -0.4 is 5.32 Å². The van der Waals surface area contributed by atoms with E-state index in [-0.39, 0.29) is 17.6 Å². The van der Waals surface area contributed by atoms with E-state index in [0.29, 0.717) is 16.4 Å². The fraction of sp³-hybridized carbons (Fsp3) is 0.238. The minimum Gasteiger partial charge on any atom is -0.345 e. The van der Waals surface area contributed by atoms with Gasteiger partial charge in [-0.3, -0.25) is 9.59 Å². The molecule has 8 heteroatoms. The first-order valence-electron chi connectivity index (χ1n) is 9.06. The molecule has 3 rings (SSSR count). The number of anilines is 1. The Hall–Kier alpha value is -3.13. The third-order valence-electron chi connectivity index (χ3n) is 4.35. The van der Waals surface area contributed by atoms with Crippen LogP contribution in [0.25, 0.3) is 11.4 Å². The average molecular weight is 410 g/mol. The number of aryl methyl sites for hydroxylation is 1. The Morgan fingerprint density at radius 3 is 2.59 bits per heavy atom. The van der Waals surface area contributed by atoms with E-state index in [1.54, 1.807) is 38.4 Å². The highest BCUT2D eigenvalue weighted by Gasteiger charge is 2.15. The van der Waals surface area contributed by atoms with Gasteiger partial charge < -0.3 is 14.8 Å². The number of aromatic nitrogens is 3. The molecule has 150 valence electrons. The molecule has 1 aromatic heterocycles. The van der Waals surface area contributed by atoms with E-state index in [2.05, 4.69) is 15.5 Å². The first kappa shape index (κ1) is 20.6. The summed E-state index contributed by atoms with van der Waals surface area (Å²) in [5, 5.41) is 12.0. The largest absolute Gasteiger partial charge is 0.345 e. The molecule has 0 bridgehead atoms. The van der Waals surface area contributed by atoms with E-state index < -0.39 is 0 Å². The molecule has 1 heterocycles. The topological polar surface area (TPSA) is 80.1 Å². The quantitative estimate of drug-likeness (QED) is 0.633. The fourth-order valence-corrected chi connectivity index (χ4v) is 3.53. The summed E-state index contributed by atoms with van der Waals surface area (Å²) < 4.78 is 1.89.